The van der Waals surface area contributed by atoms with Gasteiger partial charge >= 0.3 is 5.97 Å². The van der Waals surface area contributed by atoms with Crippen molar-refractivity contribution < 1.29 is 14.3 Å². The van der Waals surface area contributed by atoms with Crippen LogP contribution in [0.3, 0.4) is 0 Å². The molecule has 26 heavy (non-hydrogen) atoms. The van der Waals surface area contributed by atoms with Crippen molar-refractivity contribution in [2.45, 2.75) is 50.5 Å². The Labute approximate surface area is 155 Å². The van der Waals surface area contributed by atoms with Gasteiger partial charge in [0, 0.05) is 24.7 Å². The van der Waals surface area contributed by atoms with Crippen molar-refractivity contribution >= 4 is 17.6 Å². The van der Waals surface area contributed by atoms with E-state index >= 15 is 0 Å². The summed E-state index contributed by atoms with van der Waals surface area (Å²) in [5, 5.41) is 3.12. The monoisotopic (exact) mass is 356 g/mol. The number of hydrogen-bond donors (Lipinski definition) is 1. The Kier molecular flexibility index (Phi) is 4.51. The molecule has 4 atom stereocenters. The molecule has 0 aromatic heterocycles. The minimum absolute atomic E-state index is 0.132. The fourth-order valence-corrected chi connectivity index (χ4v) is 5.59. The minimum Gasteiger partial charge on any atom is -0.469 e. The first-order chi connectivity index (χ1) is 12.6. The van der Waals surface area contributed by atoms with Gasteiger partial charge < -0.3 is 10.1 Å². The quantitative estimate of drug-likeness (QED) is 0.843. The van der Waals surface area contributed by atoms with Crippen molar-refractivity contribution in [3.05, 3.63) is 29.8 Å². The van der Waals surface area contributed by atoms with Gasteiger partial charge in [-0.3, -0.25) is 14.5 Å². The predicted octanol–water partition coefficient (Wildman–Crippen LogP) is 2.95. The maximum absolute atomic E-state index is 13.1. The van der Waals surface area contributed by atoms with E-state index in [0.717, 1.165) is 44.5 Å². The zero-order valence-electron chi connectivity index (χ0n) is 15.7. The number of anilines is 1. The van der Waals surface area contributed by atoms with Crippen LogP contribution in [0.15, 0.2) is 24.3 Å². The molecule has 3 heterocycles. The maximum atomic E-state index is 13.1. The van der Waals surface area contributed by atoms with Crippen LogP contribution in [-0.2, 0) is 19.7 Å². The van der Waals surface area contributed by atoms with Crippen LogP contribution in [0.25, 0.3) is 0 Å². The van der Waals surface area contributed by atoms with Crippen molar-refractivity contribution in [1.82, 2.24) is 4.90 Å². The molecule has 0 unspecified atom stereocenters. The molecule has 1 spiro atoms. The van der Waals surface area contributed by atoms with Crippen molar-refractivity contribution in [2.24, 2.45) is 11.8 Å². The van der Waals surface area contributed by atoms with Gasteiger partial charge in [-0.25, -0.2) is 0 Å². The Hall–Kier alpha value is -1.88. The van der Waals surface area contributed by atoms with E-state index in [2.05, 4.69) is 23.2 Å². The number of hydrogen-bond acceptors (Lipinski definition) is 4. The van der Waals surface area contributed by atoms with E-state index < -0.39 is 5.41 Å². The lowest BCUT2D eigenvalue weighted by atomic mass is 9.68. The molecule has 1 aromatic rings. The smallest absolute Gasteiger partial charge is 0.305 e. The van der Waals surface area contributed by atoms with Crippen molar-refractivity contribution in [3.8, 4) is 0 Å². The Balaban J connectivity index is 1.62. The van der Waals surface area contributed by atoms with Crippen LogP contribution in [-0.4, -0.2) is 43.0 Å². The van der Waals surface area contributed by atoms with E-state index in [1.165, 1.54) is 12.7 Å². The lowest BCUT2D eigenvalue weighted by molar-refractivity contribution is -0.141. The fraction of sp³-hybridized carbons (Fsp3) is 0.619. The highest BCUT2D eigenvalue weighted by atomic mass is 16.5. The van der Waals surface area contributed by atoms with Gasteiger partial charge in [0.2, 0.25) is 5.91 Å². The second-order valence-electron chi connectivity index (χ2n) is 8.01. The molecule has 3 aliphatic heterocycles. The number of amides is 1. The summed E-state index contributed by atoms with van der Waals surface area (Å²) in [5.74, 6) is 1.09. The lowest BCUT2D eigenvalue weighted by Crippen LogP contribution is -2.53. The number of benzene rings is 1. The van der Waals surface area contributed by atoms with Gasteiger partial charge in [0.05, 0.1) is 12.5 Å². The molecule has 1 N–H and O–H groups in total. The van der Waals surface area contributed by atoms with Gasteiger partial charge in [-0.05, 0) is 49.3 Å². The molecule has 0 radical (unpaired) electrons. The standard InChI is InChI=1S/C21H28N2O3/c1-3-14-13-23-11-10-21(16-6-4-5-7-17(16)22-20(21)25)18(23)12-15(14)8-9-19(24)26-2/h4-7,14-15,18H,3,8-13H2,1-2H3,(H,22,25)/t14-,15-,18-,21-/m0/s1. The largest absolute Gasteiger partial charge is 0.469 e. The molecule has 5 nitrogen and oxygen atoms in total. The summed E-state index contributed by atoms with van der Waals surface area (Å²) in [4.78, 5) is 27.2. The molecule has 4 rings (SSSR count). The molecule has 2 saturated heterocycles. The zero-order chi connectivity index (χ0) is 18.3. The first-order valence-corrected chi connectivity index (χ1v) is 9.82. The van der Waals surface area contributed by atoms with E-state index in [1.807, 2.05) is 18.2 Å². The van der Waals surface area contributed by atoms with Crippen LogP contribution in [0.1, 0.15) is 44.6 Å². The number of nitrogens with one attached hydrogen (secondary N) is 1. The number of para-hydroxylation sites is 1. The summed E-state index contributed by atoms with van der Waals surface area (Å²) in [5.41, 5.74) is 1.72. The van der Waals surface area contributed by atoms with Crippen LogP contribution < -0.4 is 5.32 Å². The third-order valence-corrected chi connectivity index (χ3v) is 7.00. The van der Waals surface area contributed by atoms with E-state index in [9.17, 15) is 9.59 Å². The van der Waals surface area contributed by atoms with E-state index in [-0.39, 0.29) is 17.9 Å². The Morgan fingerprint density at radius 2 is 2.15 bits per heavy atom. The number of methoxy groups -OCH3 is 1. The normalized spacial score (nSPS) is 33.0. The van der Waals surface area contributed by atoms with Gasteiger partial charge in [-0.15, -0.1) is 0 Å². The first kappa shape index (κ1) is 17.5. The van der Waals surface area contributed by atoms with E-state index in [4.69, 9.17) is 4.74 Å². The highest BCUT2D eigenvalue weighted by molar-refractivity contribution is 6.07. The summed E-state index contributed by atoms with van der Waals surface area (Å²) < 4.78 is 4.84. The van der Waals surface area contributed by atoms with Gasteiger partial charge in [0.1, 0.15) is 0 Å². The summed E-state index contributed by atoms with van der Waals surface area (Å²) in [7, 11) is 1.45. The molecule has 0 aliphatic carbocycles. The number of esters is 1. The van der Waals surface area contributed by atoms with Crippen LogP contribution in [0.4, 0.5) is 5.69 Å². The highest BCUT2D eigenvalue weighted by Gasteiger charge is 2.59. The molecular formula is C21H28N2O3. The molecular weight excluding hydrogens is 328 g/mol. The van der Waals surface area contributed by atoms with Gasteiger partial charge in [-0.1, -0.05) is 31.5 Å². The van der Waals surface area contributed by atoms with Crippen molar-refractivity contribution in [2.75, 3.05) is 25.5 Å². The molecule has 1 amide bonds. The average Bonchev–Trinajstić information content (AvgIpc) is 3.18. The number of fused-ring (bicyclic) bond motifs is 4. The summed E-state index contributed by atoms with van der Waals surface area (Å²) >= 11 is 0. The topological polar surface area (TPSA) is 58.6 Å². The maximum Gasteiger partial charge on any atom is 0.305 e. The molecule has 1 aromatic carbocycles. The number of rotatable bonds is 4. The molecule has 3 aliphatic rings. The zero-order valence-corrected chi connectivity index (χ0v) is 15.7. The molecule has 140 valence electrons. The third-order valence-electron chi connectivity index (χ3n) is 7.00. The summed E-state index contributed by atoms with van der Waals surface area (Å²) in [6, 6.07) is 8.38. The number of nitrogens with zero attached hydrogens (tertiary/aromatic N) is 1. The van der Waals surface area contributed by atoms with Crippen LogP contribution in [0, 0.1) is 11.8 Å². The average molecular weight is 356 g/mol. The Bertz CT molecular complexity index is 719. The van der Waals surface area contributed by atoms with Crippen molar-refractivity contribution in [1.29, 1.82) is 0 Å². The SMILES string of the molecule is CC[C@H]1CN2CC[C@@]3(C(=O)Nc4ccccc43)[C@@H]2C[C@@H]1CCC(=O)OC. The molecule has 0 bridgehead atoms. The van der Waals surface area contributed by atoms with Gasteiger partial charge in [0.25, 0.3) is 0 Å². The summed E-state index contributed by atoms with van der Waals surface area (Å²) in [6.07, 6.45) is 4.32. The minimum atomic E-state index is -0.418. The first-order valence-electron chi connectivity index (χ1n) is 9.82. The van der Waals surface area contributed by atoms with Gasteiger partial charge in [-0.2, -0.15) is 0 Å². The Morgan fingerprint density at radius 1 is 1.35 bits per heavy atom. The van der Waals surface area contributed by atoms with Crippen LogP contribution >= 0.6 is 0 Å². The number of piperidine rings is 1. The highest BCUT2D eigenvalue weighted by Crippen LogP contribution is 2.52. The van der Waals surface area contributed by atoms with Crippen LogP contribution in [0.2, 0.25) is 0 Å². The van der Waals surface area contributed by atoms with E-state index in [0.29, 0.717) is 18.3 Å². The van der Waals surface area contributed by atoms with Gasteiger partial charge in [0.15, 0.2) is 0 Å². The number of carbonyl (C=O) groups excluding carboxylic acids is 2. The fourth-order valence-electron chi connectivity index (χ4n) is 5.59. The molecule has 5 heteroatoms. The van der Waals surface area contributed by atoms with E-state index in [1.54, 1.807) is 0 Å². The number of ether oxygens (including phenoxy) is 1. The van der Waals surface area contributed by atoms with Crippen molar-refractivity contribution in [3.63, 3.8) is 0 Å². The predicted molar refractivity (Wildman–Crippen MR) is 99.9 cm³/mol. The third kappa shape index (κ3) is 2.56. The second kappa shape index (κ2) is 6.69. The number of carbonyl (C=O) groups is 2. The summed E-state index contributed by atoms with van der Waals surface area (Å²) in [6.45, 7) is 4.25. The molecule has 2 fully saturated rings. The second-order valence-corrected chi connectivity index (χ2v) is 8.01. The lowest BCUT2D eigenvalue weighted by Gasteiger charge is -2.44. The van der Waals surface area contributed by atoms with Crippen LogP contribution in [0.5, 0.6) is 0 Å². The molecule has 0 saturated carbocycles. The Morgan fingerprint density at radius 3 is 2.92 bits per heavy atom.